The number of hydrogen-bond acceptors (Lipinski definition) is 2. The highest BCUT2D eigenvalue weighted by atomic mass is 15.1. The van der Waals surface area contributed by atoms with E-state index in [1.165, 1.54) is 36.8 Å². The number of benzene rings is 1. The minimum absolute atomic E-state index is 0.796. The van der Waals surface area contributed by atoms with Gasteiger partial charge in [-0.1, -0.05) is 24.3 Å². The van der Waals surface area contributed by atoms with Crippen molar-refractivity contribution in [3.63, 3.8) is 0 Å². The third kappa shape index (κ3) is 3.08. The lowest BCUT2D eigenvalue weighted by Gasteiger charge is -2.18. The fourth-order valence-corrected chi connectivity index (χ4v) is 2.34. The van der Waals surface area contributed by atoms with E-state index in [9.17, 15) is 0 Å². The monoisotopic (exact) mass is 230 g/mol. The standard InChI is InChI=1S/C15H22N2/c1-17(15-8-9-15)11-13-5-3-2-4-12(13)10-16-14-6-7-14/h2-5,14-16H,6-11H2,1H3. The Morgan fingerprint density at radius 3 is 2.47 bits per heavy atom. The maximum Gasteiger partial charge on any atom is 0.0236 e. The molecule has 3 rings (SSSR count). The molecular weight excluding hydrogens is 208 g/mol. The largest absolute Gasteiger partial charge is 0.310 e. The lowest BCUT2D eigenvalue weighted by Crippen LogP contribution is -2.22. The van der Waals surface area contributed by atoms with Crippen LogP contribution in [-0.2, 0) is 13.1 Å². The van der Waals surface area contributed by atoms with Gasteiger partial charge in [0.1, 0.15) is 0 Å². The molecule has 0 radical (unpaired) electrons. The maximum absolute atomic E-state index is 3.61. The Kier molecular flexibility index (Phi) is 3.17. The predicted octanol–water partition coefficient (Wildman–Crippen LogP) is 2.53. The van der Waals surface area contributed by atoms with Crippen molar-refractivity contribution in [2.24, 2.45) is 0 Å². The molecule has 0 spiro atoms. The third-order valence-corrected chi connectivity index (χ3v) is 3.87. The highest BCUT2D eigenvalue weighted by molar-refractivity contribution is 5.27. The average Bonchev–Trinajstić information content (AvgIpc) is 3.19. The van der Waals surface area contributed by atoms with Gasteiger partial charge in [-0.05, 0) is 43.9 Å². The van der Waals surface area contributed by atoms with E-state index in [-0.39, 0.29) is 0 Å². The van der Waals surface area contributed by atoms with Crippen LogP contribution in [0.1, 0.15) is 36.8 Å². The van der Waals surface area contributed by atoms with E-state index in [1.807, 2.05) is 0 Å². The zero-order valence-corrected chi connectivity index (χ0v) is 10.7. The Hall–Kier alpha value is -0.860. The van der Waals surface area contributed by atoms with Gasteiger partial charge in [-0.25, -0.2) is 0 Å². The first-order valence-corrected chi connectivity index (χ1v) is 6.83. The minimum Gasteiger partial charge on any atom is -0.310 e. The molecule has 2 heteroatoms. The van der Waals surface area contributed by atoms with Crippen molar-refractivity contribution >= 4 is 0 Å². The van der Waals surface area contributed by atoms with Crippen LogP contribution in [0.5, 0.6) is 0 Å². The van der Waals surface area contributed by atoms with Crippen LogP contribution in [0.15, 0.2) is 24.3 Å². The van der Waals surface area contributed by atoms with E-state index in [4.69, 9.17) is 0 Å². The molecule has 0 saturated heterocycles. The first-order chi connectivity index (χ1) is 8.33. The third-order valence-electron chi connectivity index (χ3n) is 3.87. The van der Waals surface area contributed by atoms with Gasteiger partial charge in [0.25, 0.3) is 0 Å². The van der Waals surface area contributed by atoms with Crippen LogP contribution >= 0.6 is 0 Å². The summed E-state index contributed by atoms with van der Waals surface area (Å²) in [4.78, 5) is 2.50. The Morgan fingerprint density at radius 2 is 1.82 bits per heavy atom. The van der Waals surface area contributed by atoms with Gasteiger partial charge in [-0.15, -0.1) is 0 Å². The molecule has 0 amide bonds. The van der Waals surface area contributed by atoms with Gasteiger partial charge in [0, 0.05) is 25.2 Å². The molecule has 2 saturated carbocycles. The van der Waals surface area contributed by atoms with E-state index >= 15 is 0 Å². The van der Waals surface area contributed by atoms with Gasteiger partial charge in [0.15, 0.2) is 0 Å². The second kappa shape index (κ2) is 4.79. The van der Waals surface area contributed by atoms with E-state index in [0.717, 1.165) is 25.2 Å². The predicted molar refractivity (Wildman–Crippen MR) is 70.8 cm³/mol. The zero-order valence-electron chi connectivity index (χ0n) is 10.7. The van der Waals surface area contributed by atoms with Gasteiger partial charge < -0.3 is 5.32 Å². The number of hydrogen-bond donors (Lipinski definition) is 1. The molecule has 0 unspecified atom stereocenters. The normalized spacial score (nSPS) is 19.9. The molecule has 0 atom stereocenters. The summed E-state index contributed by atoms with van der Waals surface area (Å²) >= 11 is 0. The SMILES string of the molecule is CN(Cc1ccccc1CNC1CC1)C1CC1. The van der Waals surface area contributed by atoms with Crippen molar-refractivity contribution in [2.45, 2.75) is 50.9 Å². The molecule has 2 aliphatic carbocycles. The van der Waals surface area contributed by atoms with Crippen LogP contribution in [0.3, 0.4) is 0 Å². The van der Waals surface area contributed by atoms with Gasteiger partial charge in [0.2, 0.25) is 0 Å². The smallest absolute Gasteiger partial charge is 0.0236 e. The molecular formula is C15H22N2. The summed E-state index contributed by atoms with van der Waals surface area (Å²) in [6.45, 7) is 2.15. The lowest BCUT2D eigenvalue weighted by atomic mass is 10.1. The summed E-state index contributed by atoms with van der Waals surface area (Å²) in [5.74, 6) is 0. The molecule has 1 aromatic carbocycles. The quantitative estimate of drug-likeness (QED) is 0.808. The maximum atomic E-state index is 3.61. The Morgan fingerprint density at radius 1 is 1.12 bits per heavy atom. The van der Waals surface area contributed by atoms with Gasteiger partial charge >= 0.3 is 0 Å². The van der Waals surface area contributed by atoms with Crippen LogP contribution in [0.2, 0.25) is 0 Å². The Bertz CT molecular complexity index is 380. The van der Waals surface area contributed by atoms with Crippen LogP contribution in [0.4, 0.5) is 0 Å². The van der Waals surface area contributed by atoms with E-state index in [0.29, 0.717) is 0 Å². The zero-order chi connectivity index (χ0) is 11.7. The summed E-state index contributed by atoms with van der Waals surface area (Å²) in [5, 5.41) is 3.61. The highest BCUT2D eigenvalue weighted by Gasteiger charge is 2.26. The molecule has 92 valence electrons. The highest BCUT2D eigenvalue weighted by Crippen LogP contribution is 2.27. The average molecular weight is 230 g/mol. The summed E-state index contributed by atoms with van der Waals surface area (Å²) < 4.78 is 0. The fourth-order valence-electron chi connectivity index (χ4n) is 2.34. The van der Waals surface area contributed by atoms with Crippen molar-refractivity contribution in [2.75, 3.05) is 7.05 Å². The van der Waals surface area contributed by atoms with Crippen LogP contribution < -0.4 is 5.32 Å². The van der Waals surface area contributed by atoms with E-state index in [2.05, 4.69) is 41.5 Å². The number of nitrogens with zero attached hydrogens (tertiary/aromatic N) is 1. The van der Waals surface area contributed by atoms with Crippen molar-refractivity contribution in [3.8, 4) is 0 Å². The molecule has 0 aromatic heterocycles. The summed E-state index contributed by atoms with van der Waals surface area (Å²) in [6, 6.07) is 10.5. The lowest BCUT2D eigenvalue weighted by molar-refractivity contribution is 0.315. The minimum atomic E-state index is 0.796. The molecule has 1 N–H and O–H groups in total. The van der Waals surface area contributed by atoms with Crippen molar-refractivity contribution in [1.82, 2.24) is 10.2 Å². The van der Waals surface area contributed by atoms with E-state index < -0.39 is 0 Å². The molecule has 0 heterocycles. The fraction of sp³-hybridized carbons (Fsp3) is 0.600. The number of nitrogens with one attached hydrogen (secondary N) is 1. The Balaban J connectivity index is 1.63. The topological polar surface area (TPSA) is 15.3 Å². The Labute approximate surface area is 104 Å². The summed E-state index contributed by atoms with van der Waals surface area (Å²) in [5.41, 5.74) is 2.97. The van der Waals surface area contributed by atoms with Gasteiger partial charge in [-0.2, -0.15) is 0 Å². The molecule has 0 aliphatic heterocycles. The van der Waals surface area contributed by atoms with E-state index in [1.54, 1.807) is 0 Å². The van der Waals surface area contributed by atoms with Crippen LogP contribution in [0, 0.1) is 0 Å². The molecule has 2 aliphatic rings. The summed E-state index contributed by atoms with van der Waals surface area (Å²) in [6.07, 6.45) is 5.51. The van der Waals surface area contributed by atoms with Crippen molar-refractivity contribution < 1.29 is 0 Å². The second-order valence-corrected chi connectivity index (χ2v) is 5.57. The first kappa shape index (κ1) is 11.2. The van der Waals surface area contributed by atoms with Crippen LogP contribution in [0.25, 0.3) is 0 Å². The number of rotatable bonds is 6. The molecule has 0 bridgehead atoms. The van der Waals surface area contributed by atoms with Crippen molar-refractivity contribution in [1.29, 1.82) is 0 Å². The van der Waals surface area contributed by atoms with Gasteiger partial charge in [0.05, 0.1) is 0 Å². The summed E-state index contributed by atoms with van der Waals surface area (Å²) in [7, 11) is 2.25. The second-order valence-electron chi connectivity index (χ2n) is 5.57. The molecule has 1 aromatic rings. The molecule has 17 heavy (non-hydrogen) atoms. The van der Waals surface area contributed by atoms with Crippen LogP contribution in [-0.4, -0.2) is 24.0 Å². The van der Waals surface area contributed by atoms with Crippen molar-refractivity contribution in [3.05, 3.63) is 35.4 Å². The molecule has 2 fully saturated rings. The molecule has 2 nitrogen and oxygen atoms in total. The first-order valence-electron chi connectivity index (χ1n) is 6.83. The van der Waals surface area contributed by atoms with Gasteiger partial charge in [-0.3, -0.25) is 4.90 Å².